The summed E-state index contributed by atoms with van der Waals surface area (Å²) in [5.74, 6) is 0.104. The molecular formula is C7H5BrCl2N2O. The van der Waals surface area contributed by atoms with Crippen molar-refractivity contribution in [1.82, 2.24) is 4.98 Å². The molecule has 0 radical (unpaired) electrons. The lowest BCUT2D eigenvalue weighted by molar-refractivity contribution is -0.113. The number of pyridine rings is 1. The molecule has 3 nitrogen and oxygen atoms in total. The molecule has 0 unspecified atom stereocenters. The maximum absolute atomic E-state index is 10.9. The van der Waals surface area contributed by atoms with Crippen LogP contribution < -0.4 is 5.32 Å². The van der Waals surface area contributed by atoms with Crippen molar-refractivity contribution in [1.29, 1.82) is 0 Å². The number of hydrogen-bond acceptors (Lipinski definition) is 2. The van der Waals surface area contributed by atoms with Gasteiger partial charge in [-0.15, -0.1) is 0 Å². The number of aromatic nitrogens is 1. The summed E-state index contributed by atoms with van der Waals surface area (Å²) in [5, 5.41) is 3.45. The van der Waals surface area contributed by atoms with Gasteiger partial charge in [-0.2, -0.15) is 0 Å². The highest BCUT2D eigenvalue weighted by molar-refractivity contribution is 9.09. The molecule has 0 aliphatic carbocycles. The van der Waals surface area contributed by atoms with Crippen LogP contribution >= 0.6 is 39.1 Å². The van der Waals surface area contributed by atoms with Crippen LogP contribution in [0.3, 0.4) is 0 Å². The van der Waals surface area contributed by atoms with Crippen LogP contribution in [0.1, 0.15) is 0 Å². The molecule has 0 aliphatic heterocycles. The monoisotopic (exact) mass is 282 g/mol. The second-order valence-electron chi connectivity index (χ2n) is 2.17. The molecule has 0 fully saturated rings. The van der Waals surface area contributed by atoms with E-state index in [4.69, 9.17) is 23.2 Å². The van der Waals surface area contributed by atoms with E-state index in [1.165, 1.54) is 12.3 Å². The molecule has 0 aliphatic rings. The number of alkyl halides is 1. The minimum atomic E-state index is -0.211. The molecule has 0 bridgehead atoms. The van der Waals surface area contributed by atoms with E-state index in [-0.39, 0.29) is 11.2 Å². The predicted octanol–water partition coefficient (Wildman–Crippen LogP) is 2.72. The fraction of sp³-hybridized carbons (Fsp3) is 0.143. The van der Waals surface area contributed by atoms with Crippen molar-refractivity contribution in [3.8, 4) is 0 Å². The van der Waals surface area contributed by atoms with Gasteiger partial charge in [0, 0.05) is 6.20 Å². The number of anilines is 1. The molecular weight excluding hydrogens is 279 g/mol. The third kappa shape index (κ3) is 3.14. The topological polar surface area (TPSA) is 42.0 Å². The molecule has 1 aromatic heterocycles. The molecule has 1 amide bonds. The molecule has 0 saturated heterocycles. The number of nitrogens with zero attached hydrogens (tertiary/aromatic N) is 1. The van der Waals surface area contributed by atoms with Gasteiger partial charge >= 0.3 is 0 Å². The Balaban J connectivity index is 2.83. The minimum Gasteiger partial charge on any atom is -0.309 e. The Labute approximate surface area is 93.6 Å². The number of carbonyl (C=O) groups is 1. The van der Waals surface area contributed by atoms with Crippen LogP contribution in [0.4, 0.5) is 5.82 Å². The molecule has 0 saturated carbocycles. The number of halogens is 3. The van der Waals surface area contributed by atoms with Crippen molar-refractivity contribution in [3.63, 3.8) is 0 Å². The molecule has 13 heavy (non-hydrogen) atoms. The third-order valence-corrected chi connectivity index (χ3v) is 2.19. The van der Waals surface area contributed by atoms with Gasteiger partial charge in [0.25, 0.3) is 0 Å². The van der Waals surface area contributed by atoms with Gasteiger partial charge in [-0.3, -0.25) is 4.79 Å². The Morgan fingerprint density at radius 3 is 2.85 bits per heavy atom. The molecule has 1 heterocycles. The molecule has 6 heteroatoms. The van der Waals surface area contributed by atoms with Crippen LogP contribution in [0, 0.1) is 0 Å². The van der Waals surface area contributed by atoms with Crippen molar-refractivity contribution < 1.29 is 4.79 Å². The first-order valence-electron chi connectivity index (χ1n) is 3.30. The first-order valence-corrected chi connectivity index (χ1v) is 5.18. The summed E-state index contributed by atoms with van der Waals surface area (Å²) in [4.78, 5) is 14.8. The highest BCUT2D eigenvalue weighted by Crippen LogP contribution is 2.22. The van der Waals surface area contributed by atoms with E-state index in [1.807, 2.05) is 0 Å². The molecule has 70 valence electrons. The summed E-state index contributed by atoms with van der Waals surface area (Å²) >= 11 is 14.4. The second-order valence-corrected chi connectivity index (χ2v) is 3.57. The average molecular weight is 284 g/mol. The maximum atomic E-state index is 10.9. The van der Waals surface area contributed by atoms with Gasteiger partial charge in [0.2, 0.25) is 5.91 Å². The van der Waals surface area contributed by atoms with Gasteiger partial charge in [0.15, 0.2) is 5.82 Å². The zero-order chi connectivity index (χ0) is 9.84. The lowest BCUT2D eigenvalue weighted by Gasteiger charge is -2.03. The normalized spacial score (nSPS) is 9.77. The number of nitrogens with one attached hydrogen (secondary N) is 1. The number of rotatable bonds is 2. The predicted molar refractivity (Wildman–Crippen MR) is 56.7 cm³/mol. The van der Waals surface area contributed by atoms with Gasteiger partial charge in [-0.1, -0.05) is 39.1 Å². The largest absolute Gasteiger partial charge is 0.309 e. The Kier molecular flexibility index (Phi) is 3.96. The number of carbonyl (C=O) groups excluding carboxylic acids is 1. The van der Waals surface area contributed by atoms with E-state index >= 15 is 0 Å². The van der Waals surface area contributed by atoms with E-state index < -0.39 is 0 Å². The van der Waals surface area contributed by atoms with E-state index in [0.717, 1.165) is 0 Å². The minimum absolute atomic E-state index is 0.202. The van der Waals surface area contributed by atoms with Crippen molar-refractivity contribution >= 4 is 50.9 Å². The Morgan fingerprint density at radius 1 is 1.62 bits per heavy atom. The SMILES string of the molecule is O=C(CBr)Nc1ncc(Cl)cc1Cl. The summed E-state index contributed by atoms with van der Waals surface area (Å²) in [6.07, 6.45) is 1.41. The molecule has 1 rings (SSSR count). The Morgan fingerprint density at radius 2 is 2.31 bits per heavy atom. The zero-order valence-electron chi connectivity index (χ0n) is 6.35. The summed E-state index contributed by atoms with van der Waals surface area (Å²) in [7, 11) is 0. The van der Waals surface area contributed by atoms with E-state index in [0.29, 0.717) is 15.9 Å². The quantitative estimate of drug-likeness (QED) is 0.848. The fourth-order valence-electron chi connectivity index (χ4n) is 0.672. The smallest absolute Gasteiger partial charge is 0.236 e. The lowest BCUT2D eigenvalue weighted by Crippen LogP contribution is -2.13. The summed E-state index contributed by atoms with van der Waals surface area (Å²) in [6.45, 7) is 0. The van der Waals surface area contributed by atoms with E-state index in [2.05, 4.69) is 26.2 Å². The van der Waals surface area contributed by atoms with Gasteiger partial charge in [0.05, 0.1) is 15.4 Å². The maximum Gasteiger partial charge on any atom is 0.236 e. The summed E-state index contributed by atoms with van der Waals surface area (Å²) in [5.41, 5.74) is 0. The van der Waals surface area contributed by atoms with Crippen molar-refractivity contribution in [2.24, 2.45) is 0 Å². The van der Waals surface area contributed by atoms with Crippen molar-refractivity contribution in [2.45, 2.75) is 0 Å². The van der Waals surface area contributed by atoms with Gasteiger partial charge in [-0.05, 0) is 6.07 Å². The number of amides is 1. The van der Waals surface area contributed by atoms with Crippen LogP contribution in [0.25, 0.3) is 0 Å². The molecule has 0 atom stereocenters. The van der Waals surface area contributed by atoms with Gasteiger partial charge in [-0.25, -0.2) is 4.98 Å². The van der Waals surface area contributed by atoms with E-state index in [1.54, 1.807) is 0 Å². The standard InChI is InChI=1S/C7H5BrCl2N2O/c8-2-6(13)12-7-5(10)1-4(9)3-11-7/h1,3H,2H2,(H,11,12,13). The summed E-state index contributed by atoms with van der Waals surface area (Å²) in [6, 6.07) is 1.51. The van der Waals surface area contributed by atoms with Crippen molar-refractivity contribution in [3.05, 3.63) is 22.3 Å². The highest BCUT2D eigenvalue weighted by atomic mass is 79.9. The fourth-order valence-corrected chi connectivity index (χ4v) is 1.24. The Bertz CT molecular complexity index is 332. The van der Waals surface area contributed by atoms with Crippen LogP contribution in [0.2, 0.25) is 10.0 Å². The van der Waals surface area contributed by atoms with Crippen LogP contribution in [0.5, 0.6) is 0 Å². The van der Waals surface area contributed by atoms with Gasteiger partial charge in [0.1, 0.15) is 0 Å². The summed E-state index contributed by atoms with van der Waals surface area (Å²) < 4.78 is 0. The molecule has 0 aromatic carbocycles. The molecule has 0 spiro atoms. The molecule has 1 N–H and O–H groups in total. The third-order valence-electron chi connectivity index (χ3n) is 1.19. The Hall–Kier alpha value is -0.320. The van der Waals surface area contributed by atoms with Gasteiger partial charge < -0.3 is 5.32 Å². The lowest BCUT2D eigenvalue weighted by atomic mass is 10.4. The van der Waals surface area contributed by atoms with Crippen LogP contribution in [-0.4, -0.2) is 16.2 Å². The average Bonchev–Trinajstić information content (AvgIpc) is 2.09. The second kappa shape index (κ2) is 4.79. The highest BCUT2D eigenvalue weighted by Gasteiger charge is 2.05. The first-order chi connectivity index (χ1) is 6.13. The van der Waals surface area contributed by atoms with Crippen molar-refractivity contribution in [2.75, 3.05) is 10.6 Å². The number of hydrogen-bond donors (Lipinski definition) is 1. The van der Waals surface area contributed by atoms with Crippen LogP contribution in [-0.2, 0) is 4.79 Å². The molecule has 1 aromatic rings. The van der Waals surface area contributed by atoms with E-state index in [9.17, 15) is 4.79 Å². The first kappa shape index (κ1) is 10.8. The van der Waals surface area contributed by atoms with Crippen LogP contribution in [0.15, 0.2) is 12.3 Å². The zero-order valence-corrected chi connectivity index (χ0v) is 9.45.